The summed E-state index contributed by atoms with van der Waals surface area (Å²) < 4.78 is 5.51. The Morgan fingerprint density at radius 3 is 2.33 bits per heavy atom. The van der Waals surface area contributed by atoms with Crippen molar-refractivity contribution in [1.29, 1.82) is 0 Å². The molecule has 1 unspecified atom stereocenters. The maximum absolute atomic E-state index is 5.63. The average Bonchev–Trinajstić information content (AvgIpc) is 2.35. The van der Waals surface area contributed by atoms with Crippen LogP contribution in [0.15, 0.2) is 0 Å². The molecule has 0 saturated carbocycles. The van der Waals surface area contributed by atoms with Gasteiger partial charge in [-0.1, -0.05) is 39.5 Å². The first-order valence-electron chi connectivity index (χ1n) is 7.73. The third-order valence-electron chi connectivity index (χ3n) is 3.19. The van der Waals surface area contributed by atoms with Gasteiger partial charge >= 0.3 is 0 Å². The zero-order valence-electron chi connectivity index (χ0n) is 12.7. The summed E-state index contributed by atoms with van der Waals surface area (Å²) >= 11 is 0. The van der Waals surface area contributed by atoms with E-state index >= 15 is 0 Å². The van der Waals surface area contributed by atoms with Crippen molar-refractivity contribution >= 4 is 0 Å². The predicted molar refractivity (Wildman–Crippen MR) is 79.9 cm³/mol. The van der Waals surface area contributed by atoms with Crippen LogP contribution < -0.4 is 11.1 Å². The van der Waals surface area contributed by atoms with Gasteiger partial charge in [0.05, 0.1) is 6.10 Å². The number of unbranched alkanes of at least 4 members (excludes halogenated alkanes) is 3. The molecule has 0 rings (SSSR count). The average molecular weight is 258 g/mol. The molecule has 0 radical (unpaired) electrons. The maximum Gasteiger partial charge on any atom is 0.0709 e. The van der Waals surface area contributed by atoms with Gasteiger partial charge in [-0.25, -0.2) is 0 Å². The van der Waals surface area contributed by atoms with Crippen LogP contribution in [0.1, 0.15) is 59.3 Å². The van der Waals surface area contributed by atoms with Crippen molar-refractivity contribution in [2.45, 2.75) is 65.4 Å². The molecule has 0 aromatic heterocycles. The van der Waals surface area contributed by atoms with Crippen LogP contribution in [-0.4, -0.2) is 32.3 Å². The van der Waals surface area contributed by atoms with Crippen molar-refractivity contribution in [3.05, 3.63) is 0 Å². The van der Waals surface area contributed by atoms with Gasteiger partial charge in [-0.15, -0.1) is 0 Å². The van der Waals surface area contributed by atoms with Gasteiger partial charge in [-0.2, -0.15) is 0 Å². The topological polar surface area (TPSA) is 47.3 Å². The van der Waals surface area contributed by atoms with Crippen LogP contribution in [0.3, 0.4) is 0 Å². The lowest BCUT2D eigenvalue weighted by Crippen LogP contribution is -2.29. The molecule has 0 heterocycles. The van der Waals surface area contributed by atoms with E-state index in [0.29, 0.717) is 6.54 Å². The minimum atomic E-state index is 0.230. The van der Waals surface area contributed by atoms with Gasteiger partial charge in [0, 0.05) is 13.2 Å². The molecular weight excluding hydrogens is 224 g/mol. The lowest BCUT2D eigenvalue weighted by atomic mass is 10.0. The van der Waals surface area contributed by atoms with E-state index in [1.807, 2.05) is 6.92 Å². The normalized spacial score (nSPS) is 13.2. The molecule has 3 N–H and O–H groups in total. The van der Waals surface area contributed by atoms with Crippen LogP contribution >= 0.6 is 0 Å². The Balaban J connectivity index is 3.15. The summed E-state index contributed by atoms with van der Waals surface area (Å²) in [5.74, 6) is 0.856. The molecule has 0 saturated heterocycles. The number of ether oxygens (including phenoxy) is 1. The third kappa shape index (κ3) is 12.3. The number of nitrogens with one attached hydrogen (secondary N) is 1. The minimum absolute atomic E-state index is 0.230. The monoisotopic (exact) mass is 258 g/mol. The quantitative estimate of drug-likeness (QED) is 0.499. The van der Waals surface area contributed by atoms with Gasteiger partial charge in [0.2, 0.25) is 0 Å². The Kier molecular flexibility index (Phi) is 13.2. The summed E-state index contributed by atoms with van der Waals surface area (Å²) in [6, 6.07) is 0. The Morgan fingerprint density at radius 2 is 1.72 bits per heavy atom. The van der Waals surface area contributed by atoms with Crippen LogP contribution in [0.25, 0.3) is 0 Å². The van der Waals surface area contributed by atoms with Crippen molar-refractivity contribution in [3.8, 4) is 0 Å². The van der Waals surface area contributed by atoms with Crippen LogP contribution in [0.5, 0.6) is 0 Å². The number of hydrogen-bond donors (Lipinski definition) is 2. The van der Waals surface area contributed by atoms with Gasteiger partial charge in [-0.3, -0.25) is 0 Å². The zero-order chi connectivity index (χ0) is 13.6. The Bertz CT molecular complexity index is 163. The van der Waals surface area contributed by atoms with E-state index in [0.717, 1.165) is 32.0 Å². The SMILES string of the molecule is CCOC(CN)CCNCCCCCCC(C)C. The number of rotatable bonds is 13. The summed E-state index contributed by atoms with van der Waals surface area (Å²) in [4.78, 5) is 0. The first-order chi connectivity index (χ1) is 8.70. The summed E-state index contributed by atoms with van der Waals surface area (Å²) in [6.45, 7) is 10.2. The fourth-order valence-electron chi connectivity index (χ4n) is 2.05. The molecule has 0 aromatic rings. The van der Waals surface area contributed by atoms with Gasteiger partial charge < -0.3 is 15.8 Å². The molecule has 3 heteroatoms. The molecule has 0 aliphatic rings. The van der Waals surface area contributed by atoms with Crippen LogP contribution in [0.2, 0.25) is 0 Å². The largest absolute Gasteiger partial charge is 0.377 e. The second-order valence-electron chi connectivity index (χ2n) is 5.45. The van der Waals surface area contributed by atoms with Crippen LogP contribution in [0.4, 0.5) is 0 Å². The zero-order valence-corrected chi connectivity index (χ0v) is 12.7. The number of nitrogens with two attached hydrogens (primary N) is 1. The molecule has 0 amide bonds. The first kappa shape index (κ1) is 17.9. The fraction of sp³-hybridized carbons (Fsp3) is 1.00. The van der Waals surface area contributed by atoms with E-state index in [4.69, 9.17) is 10.5 Å². The van der Waals surface area contributed by atoms with E-state index in [-0.39, 0.29) is 6.10 Å². The van der Waals surface area contributed by atoms with E-state index in [1.54, 1.807) is 0 Å². The van der Waals surface area contributed by atoms with Crippen molar-refractivity contribution in [1.82, 2.24) is 5.32 Å². The molecule has 18 heavy (non-hydrogen) atoms. The third-order valence-corrected chi connectivity index (χ3v) is 3.19. The van der Waals surface area contributed by atoms with Gasteiger partial charge in [0.1, 0.15) is 0 Å². The summed E-state index contributed by atoms with van der Waals surface area (Å²) in [7, 11) is 0. The summed E-state index contributed by atoms with van der Waals surface area (Å²) in [5, 5.41) is 3.47. The fourth-order valence-corrected chi connectivity index (χ4v) is 2.05. The van der Waals surface area contributed by atoms with Gasteiger partial charge in [-0.05, 0) is 38.8 Å². The van der Waals surface area contributed by atoms with Crippen molar-refractivity contribution in [2.24, 2.45) is 11.7 Å². The lowest BCUT2D eigenvalue weighted by molar-refractivity contribution is 0.0632. The molecule has 0 aromatic carbocycles. The maximum atomic E-state index is 5.63. The molecule has 110 valence electrons. The van der Waals surface area contributed by atoms with E-state index in [9.17, 15) is 0 Å². The smallest absolute Gasteiger partial charge is 0.0709 e. The van der Waals surface area contributed by atoms with Gasteiger partial charge in [0.25, 0.3) is 0 Å². The van der Waals surface area contributed by atoms with Gasteiger partial charge in [0.15, 0.2) is 0 Å². The Hall–Kier alpha value is -0.120. The van der Waals surface area contributed by atoms with E-state index < -0.39 is 0 Å². The second kappa shape index (κ2) is 13.3. The van der Waals surface area contributed by atoms with Crippen molar-refractivity contribution in [2.75, 3.05) is 26.2 Å². The molecule has 3 nitrogen and oxygen atoms in total. The van der Waals surface area contributed by atoms with Crippen LogP contribution in [-0.2, 0) is 4.74 Å². The summed E-state index contributed by atoms with van der Waals surface area (Å²) in [6.07, 6.45) is 8.04. The van der Waals surface area contributed by atoms with E-state index in [1.165, 1.54) is 32.1 Å². The lowest BCUT2D eigenvalue weighted by Gasteiger charge is -2.14. The molecule has 1 atom stereocenters. The number of hydrogen-bond acceptors (Lipinski definition) is 3. The highest BCUT2D eigenvalue weighted by Crippen LogP contribution is 2.08. The standard InChI is InChI=1S/C15H34N2O/c1-4-18-15(13-16)10-12-17-11-8-6-5-7-9-14(2)3/h14-15,17H,4-13,16H2,1-3H3. The summed E-state index contributed by atoms with van der Waals surface area (Å²) in [5.41, 5.74) is 5.63. The van der Waals surface area contributed by atoms with Crippen molar-refractivity contribution < 1.29 is 4.74 Å². The molecular formula is C15H34N2O. The predicted octanol–water partition coefficient (Wildman–Crippen LogP) is 2.94. The molecule has 0 bridgehead atoms. The first-order valence-corrected chi connectivity index (χ1v) is 7.73. The highest BCUT2D eigenvalue weighted by atomic mass is 16.5. The molecule has 0 spiro atoms. The molecule has 0 fully saturated rings. The highest BCUT2D eigenvalue weighted by Gasteiger charge is 2.04. The molecule has 0 aliphatic heterocycles. The Labute approximate surface area is 114 Å². The molecule has 0 aliphatic carbocycles. The second-order valence-corrected chi connectivity index (χ2v) is 5.45. The van der Waals surface area contributed by atoms with Crippen LogP contribution in [0, 0.1) is 5.92 Å². The van der Waals surface area contributed by atoms with Crippen molar-refractivity contribution in [3.63, 3.8) is 0 Å². The minimum Gasteiger partial charge on any atom is -0.377 e. The highest BCUT2D eigenvalue weighted by molar-refractivity contribution is 4.61. The van der Waals surface area contributed by atoms with E-state index in [2.05, 4.69) is 19.2 Å². The Morgan fingerprint density at radius 1 is 1.00 bits per heavy atom.